The molecule has 0 radical (unpaired) electrons. The molecular formula is C23H20N2O3S. The molecule has 0 spiro atoms. The summed E-state index contributed by atoms with van der Waals surface area (Å²) < 4.78 is 21.0. The molecule has 4 aromatic rings. The Bertz CT molecular complexity index is 1080. The number of pyridine rings is 1. The summed E-state index contributed by atoms with van der Waals surface area (Å²) >= 11 is 1.42. The Morgan fingerprint density at radius 2 is 1.45 bits per heavy atom. The van der Waals surface area contributed by atoms with Gasteiger partial charge in [0.15, 0.2) is 11.5 Å². The molecule has 0 bridgehead atoms. The van der Waals surface area contributed by atoms with E-state index in [-0.39, 0.29) is 0 Å². The van der Waals surface area contributed by atoms with Crippen molar-refractivity contribution >= 4 is 11.5 Å². The van der Waals surface area contributed by atoms with E-state index in [1.165, 1.54) is 11.5 Å². The van der Waals surface area contributed by atoms with E-state index in [9.17, 15) is 0 Å². The first-order valence-corrected chi connectivity index (χ1v) is 9.85. The monoisotopic (exact) mass is 404 g/mol. The van der Waals surface area contributed by atoms with Crippen LogP contribution in [0.4, 0.5) is 0 Å². The van der Waals surface area contributed by atoms with Crippen molar-refractivity contribution in [3.8, 4) is 50.9 Å². The summed E-state index contributed by atoms with van der Waals surface area (Å²) in [7, 11) is 4.82. The molecule has 2 aromatic heterocycles. The molecule has 0 saturated heterocycles. The molecule has 0 saturated carbocycles. The van der Waals surface area contributed by atoms with Crippen molar-refractivity contribution in [2.45, 2.75) is 0 Å². The molecule has 0 amide bonds. The fourth-order valence-corrected chi connectivity index (χ4v) is 3.94. The number of hydrogen-bond acceptors (Lipinski definition) is 6. The predicted octanol–water partition coefficient (Wildman–Crippen LogP) is 5.56. The Hall–Kier alpha value is -3.38. The van der Waals surface area contributed by atoms with Gasteiger partial charge in [-0.05, 0) is 41.4 Å². The highest BCUT2D eigenvalue weighted by molar-refractivity contribution is 7.04. The molecule has 6 heteroatoms. The third-order valence-electron chi connectivity index (χ3n) is 4.66. The average Bonchev–Trinajstić information content (AvgIpc) is 3.28. The highest BCUT2D eigenvalue weighted by Crippen LogP contribution is 2.43. The largest absolute Gasteiger partial charge is 0.493 e. The number of methoxy groups -OCH3 is 3. The molecule has 0 unspecified atom stereocenters. The van der Waals surface area contributed by atoms with E-state index >= 15 is 0 Å². The summed E-state index contributed by atoms with van der Waals surface area (Å²) in [6.45, 7) is 0. The van der Waals surface area contributed by atoms with Crippen molar-refractivity contribution in [3.05, 3.63) is 66.2 Å². The van der Waals surface area contributed by atoms with Gasteiger partial charge in [0.2, 0.25) is 5.75 Å². The fourth-order valence-electron chi connectivity index (χ4n) is 3.22. The van der Waals surface area contributed by atoms with Gasteiger partial charge in [-0.2, -0.15) is 4.37 Å². The number of aromatic nitrogens is 2. The van der Waals surface area contributed by atoms with E-state index in [4.69, 9.17) is 14.2 Å². The lowest BCUT2D eigenvalue weighted by molar-refractivity contribution is 0.324. The fraction of sp³-hybridized carbons (Fsp3) is 0.130. The highest BCUT2D eigenvalue weighted by Gasteiger charge is 2.18. The van der Waals surface area contributed by atoms with E-state index in [0.29, 0.717) is 17.2 Å². The first kappa shape index (κ1) is 19.0. The Balaban J connectivity index is 1.74. The first-order valence-electron chi connectivity index (χ1n) is 9.01. The van der Waals surface area contributed by atoms with Crippen LogP contribution in [0, 0.1) is 0 Å². The normalized spacial score (nSPS) is 10.6. The van der Waals surface area contributed by atoms with Gasteiger partial charge in [0.05, 0.1) is 32.7 Å². The van der Waals surface area contributed by atoms with Crippen LogP contribution < -0.4 is 14.2 Å². The minimum atomic E-state index is 0.565. The Morgan fingerprint density at radius 1 is 0.759 bits per heavy atom. The molecule has 0 atom stereocenters. The third kappa shape index (κ3) is 3.67. The predicted molar refractivity (Wildman–Crippen MR) is 116 cm³/mol. The molecule has 0 fully saturated rings. The topological polar surface area (TPSA) is 53.5 Å². The summed E-state index contributed by atoms with van der Waals surface area (Å²) in [6, 6.07) is 18.1. The SMILES string of the molecule is COc1cc(-c2nscc2-c2ccc(-c3ccccn3)cc2)cc(OC)c1OC. The number of ether oxygens (including phenoxy) is 3. The van der Waals surface area contributed by atoms with Crippen LogP contribution in [0.25, 0.3) is 33.6 Å². The van der Waals surface area contributed by atoms with Crippen molar-refractivity contribution in [1.29, 1.82) is 0 Å². The second kappa shape index (κ2) is 8.32. The van der Waals surface area contributed by atoms with Crippen LogP contribution in [0.15, 0.2) is 66.2 Å². The number of nitrogens with zero attached hydrogens (tertiary/aromatic N) is 2. The van der Waals surface area contributed by atoms with Gasteiger partial charge in [-0.15, -0.1) is 0 Å². The molecule has 2 heterocycles. The van der Waals surface area contributed by atoms with Crippen molar-refractivity contribution in [3.63, 3.8) is 0 Å². The van der Waals surface area contributed by atoms with Crippen molar-refractivity contribution in [2.24, 2.45) is 0 Å². The van der Waals surface area contributed by atoms with E-state index in [0.717, 1.165) is 33.6 Å². The summed E-state index contributed by atoms with van der Waals surface area (Å²) in [5.74, 6) is 1.77. The van der Waals surface area contributed by atoms with Gasteiger partial charge in [-0.25, -0.2) is 0 Å². The number of benzene rings is 2. The summed E-state index contributed by atoms with van der Waals surface area (Å²) in [5.41, 5.74) is 5.95. The smallest absolute Gasteiger partial charge is 0.203 e. The van der Waals surface area contributed by atoms with E-state index in [1.54, 1.807) is 27.5 Å². The maximum Gasteiger partial charge on any atom is 0.203 e. The maximum atomic E-state index is 5.49. The van der Waals surface area contributed by atoms with Gasteiger partial charge in [-0.1, -0.05) is 30.3 Å². The van der Waals surface area contributed by atoms with E-state index in [2.05, 4.69) is 33.6 Å². The Labute approximate surface area is 173 Å². The van der Waals surface area contributed by atoms with Crippen molar-refractivity contribution in [2.75, 3.05) is 21.3 Å². The van der Waals surface area contributed by atoms with Gasteiger partial charge in [-0.3, -0.25) is 4.98 Å². The van der Waals surface area contributed by atoms with Gasteiger partial charge in [0.1, 0.15) is 0 Å². The molecule has 2 aromatic carbocycles. The molecule has 5 nitrogen and oxygen atoms in total. The summed E-state index contributed by atoms with van der Waals surface area (Å²) in [6.07, 6.45) is 1.80. The van der Waals surface area contributed by atoms with Crippen LogP contribution in [0.2, 0.25) is 0 Å². The van der Waals surface area contributed by atoms with Gasteiger partial charge in [0, 0.05) is 28.3 Å². The maximum absolute atomic E-state index is 5.49. The molecule has 0 aliphatic rings. The average molecular weight is 404 g/mol. The van der Waals surface area contributed by atoms with Gasteiger partial charge >= 0.3 is 0 Å². The summed E-state index contributed by atoms with van der Waals surface area (Å²) in [4.78, 5) is 4.41. The zero-order chi connectivity index (χ0) is 20.2. The lowest BCUT2D eigenvalue weighted by Gasteiger charge is -2.14. The molecule has 146 valence electrons. The van der Waals surface area contributed by atoms with Gasteiger partial charge < -0.3 is 14.2 Å². The minimum Gasteiger partial charge on any atom is -0.493 e. The van der Waals surface area contributed by atoms with Crippen LogP contribution in [0.5, 0.6) is 17.2 Å². The zero-order valence-electron chi connectivity index (χ0n) is 16.4. The zero-order valence-corrected chi connectivity index (χ0v) is 17.2. The Kier molecular flexibility index (Phi) is 5.44. The van der Waals surface area contributed by atoms with Gasteiger partial charge in [0.25, 0.3) is 0 Å². The van der Waals surface area contributed by atoms with Crippen LogP contribution in [0.1, 0.15) is 0 Å². The highest BCUT2D eigenvalue weighted by atomic mass is 32.1. The van der Waals surface area contributed by atoms with E-state index in [1.807, 2.05) is 35.7 Å². The second-order valence-corrected chi connectivity index (χ2v) is 6.91. The molecular weight excluding hydrogens is 384 g/mol. The van der Waals surface area contributed by atoms with Crippen molar-refractivity contribution in [1.82, 2.24) is 9.36 Å². The summed E-state index contributed by atoms with van der Waals surface area (Å²) in [5, 5.41) is 2.05. The quantitative estimate of drug-likeness (QED) is 0.421. The number of rotatable bonds is 6. The lowest BCUT2D eigenvalue weighted by Crippen LogP contribution is -1.96. The van der Waals surface area contributed by atoms with E-state index < -0.39 is 0 Å². The minimum absolute atomic E-state index is 0.565. The van der Waals surface area contributed by atoms with Crippen LogP contribution >= 0.6 is 11.5 Å². The number of hydrogen-bond donors (Lipinski definition) is 0. The molecule has 0 N–H and O–H groups in total. The molecule has 29 heavy (non-hydrogen) atoms. The Morgan fingerprint density at radius 3 is 2.03 bits per heavy atom. The van der Waals surface area contributed by atoms with Crippen molar-refractivity contribution < 1.29 is 14.2 Å². The molecule has 4 rings (SSSR count). The molecule has 0 aliphatic carbocycles. The lowest BCUT2D eigenvalue weighted by atomic mass is 9.99. The van der Waals surface area contributed by atoms with Crippen LogP contribution in [-0.2, 0) is 0 Å². The van der Waals surface area contributed by atoms with Crippen LogP contribution in [0.3, 0.4) is 0 Å². The standard InChI is InChI=1S/C23H20N2O3S/c1-26-20-12-17(13-21(27-2)23(20)28-3)22-18(14-29-25-22)15-7-9-16(10-8-15)19-6-4-5-11-24-19/h4-14H,1-3H3. The third-order valence-corrected chi connectivity index (χ3v) is 5.29. The van der Waals surface area contributed by atoms with Crippen LogP contribution in [-0.4, -0.2) is 30.7 Å². The first-order chi connectivity index (χ1) is 14.2. The molecule has 0 aliphatic heterocycles. The second-order valence-electron chi connectivity index (χ2n) is 6.28.